The summed E-state index contributed by atoms with van der Waals surface area (Å²) >= 11 is 0. The van der Waals surface area contributed by atoms with Gasteiger partial charge in [0.15, 0.2) is 0 Å². The van der Waals surface area contributed by atoms with Gasteiger partial charge in [0.05, 0.1) is 17.2 Å². The van der Waals surface area contributed by atoms with Crippen molar-refractivity contribution in [3.8, 4) is 5.75 Å². The number of para-hydroxylation sites is 1. The Morgan fingerprint density at radius 1 is 1.22 bits per heavy atom. The SMILES string of the molecule is CCOc1ccc(S(=O)(=O)Nc2ccccc2C([O-])=Nc2nn[nH]n2)cc1. The predicted octanol–water partition coefficient (Wildman–Crippen LogP) is 0.838. The zero-order chi connectivity index (χ0) is 19.3. The second kappa shape index (κ2) is 7.83. The van der Waals surface area contributed by atoms with E-state index in [0.29, 0.717) is 12.4 Å². The quantitative estimate of drug-likeness (QED) is 0.451. The fraction of sp³-hybridized carbons (Fsp3) is 0.125. The number of nitrogens with zero attached hydrogens (tertiary/aromatic N) is 4. The maximum atomic E-state index is 12.6. The van der Waals surface area contributed by atoms with E-state index in [0.717, 1.165) is 0 Å². The van der Waals surface area contributed by atoms with E-state index in [1.165, 1.54) is 24.3 Å². The third kappa shape index (κ3) is 4.39. The average Bonchev–Trinajstić information content (AvgIpc) is 3.15. The molecule has 3 aromatic rings. The summed E-state index contributed by atoms with van der Waals surface area (Å²) in [4.78, 5) is 3.71. The van der Waals surface area contributed by atoms with Gasteiger partial charge in [-0.1, -0.05) is 23.3 Å². The highest BCUT2D eigenvalue weighted by atomic mass is 32.2. The number of aliphatic imine (C=N–C) groups is 1. The Morgan fingerprint density at radius 2 is 1.96 bits per heavy atom. The minimum absolute atomic E-state index is 0.0308. The fourth-order valence-electron chi connectivity index (χ4n) is 2.20. The number of tetrazole rings is 1. The summed E-state index contributed by atoms with van der Waals surface area (Å²) in [6, 6.07) is 12.0. The molecule has 3 rings (SSSR count). The fourth-order valence-corrected chi connectivity index (χ4v) is 3.28. The molecule has 1 aromatic heterocycles. The van der Waals surface area contributed by atoms with Gasteiger partial charge in [0.25, 0.3) is 16.0 Å². The van der Waals surface area contributed by atoms with E-state index >= 15 is 0 Å². The molecule has 0 aliphatic rings. The van der Waals surface area contributed by atoms with Crippen molar-refractivity contribution >= 4 is 27.6 Å². The Labute approximate surface area is 155 Å². The van der Waals surface area contributed by atoms with Gasteiger partial charge in [-0.15, -0.1) is 5.10 Å². The second-order valence-corrected chi connectivity index (χ2v) is 6.87. The summed E-state index contributed by atoms with van der Waals surface area (Å²) < 4.78 is 33.0. The number of hydrogen-bond acceptors (Lipinski definition) is 8. The van der Waals surface area contributed by atoms with Gasteiger partial charge in [-0.05, 0) is 42.5 Å². The van der Waals surface area contributed by atoms with E-state index in [1.54, 1.807) is 24.3 Å². The number of rotatable bonds is 7. The molecular formula is C16H15N6O4S-. The number of anilines is 1. The summed E-state index contributed by atoms with van der Waals surface area (Å²) in [7, 11) is -3.91. The number of benzene rings is 2. The molecule has 0 spiro atoms. The topological polar surface area (TPSA) is 145 Å². The lowest BCUT2D eigenvalue weighted by molar-refractivity contribution is -0.212. The summed E-state index contributed by atoms with van der Waals surface area (Å²) in [5.41, 5.74) is 0.139. The van der Waals surface area contributed by atoms with Crippen molar-refractivity contribution in [1.29, 1.82) is 0 Å². The van der Waals surface area contributed by atoms with E-state index in [-0.39, 0.29) is 22.1 Å². The zero-order valence-corrected chi connectivity index (χ0v) is 15.0. The molecular weight excluding hydrogens is 372 g/mol. The largest absolute Gasteiger partial charge is 0.858 e. The van der Waals surface area contributed by atoms with Crippen LogP contribution in [0, 0.1) is 0 Å². The highest BCUT2D eigenvalue weighted by molar-refractivity contribution is 7.92. The Hall–Kier alpha value is -3.47. The first-order valence-corrected chi connectivity index (χ1v) is 9.32. The molecule has 0 atom stereocenters. The minimum Gasteiger partial charge on any atom is -0.858 e. The van der Waals surface area contributed by atoms with Crippen molar-refractivity contribution in [2.24, 2.45) is 4.99 Å². The lowest BCUT2D eigenvalue weighted by atomic mass is 10.2. The number of H-pyrrole nitrogens is 1. The van der Waals surface area contributed by atoms with Gasteiger partial charge >= 0.3 is 0 Å². The average molecular weight is 387 g/mol. The Balaban J connectivity index is 1.89. The normalized spacial score (nSPS) is 12.0. The van der Waals surface area contributed by atoms with Gasteiger partial charge in [-0.2, -0.15) is 5.21 Å². The Bertz CT molecular complexity index is 1030. The maximum Gasteiger partial charge on any atom is 0.288 e. The van der Waals surface area contributed by atoms with Crippen LogP contribution in [0.4, 0.5) is 11.6 Å². The van der Waals surface area contributed by atoms with Crippen LogP contribution in [-0.2, 0) is 10.0 Å². The number of ether oxygens (including phenoxy) is 1. The summed E-state index contributed by atoms with van der Waals surface area (Å²) in [6.45, 7) is 2.31. The first-order chi connectivity index (χ1) is 13.0. The van der Waals surface area contributed by atoms with Gasteiger partial charge in [0, 0.05) is 11.5 Å². The third-order valence-electron chi connectivity index (χ3n) is 3.38. The van der Waals surface area contributed by atoms with Gasteiger partial charge in [-0.25, -0.2) is 13.4 Å². The molecule has 0 unspecified atom stereocenters. The summed E-state index contributed by atoms with van der Waals surface area (Å²) in [5, 5.41) is 25.0. The van der Waals surface area contributed by atoms with E-state index in [2.05, 4.69) is 30.3 Å². The molecule has 1 heterocycles. The van der Waals surface area contributed by atoms with E-state index in [9.17, 15) is 13.5 Å². The third-order valence-corrected chi connectivity index (χ3v) is 4.76. The van der Waals surface area contributed by atoms with Crippen LogP contribution < -0.4 is 14.6 Å². The van der Waals surface area contributed by atoms with Crippen molar-refractivity contribution in [2.75, 3.05) is 11.3 Å². The van der Waals surface area contributed by atoms with Gasteiger partial charge in [-0.3, -0.25) is 4.72 Å². The van der Waals surface area contributed by atoms with Crippen LogP contribution >= 0.6 is 0 Å². The van der Waals surface area contributed by atoms with Crippen LogP contribution in [0.3, 0.4) is 0 Å². The molecule has 140 valence electrons. The van der Waals surface area contributed by atoms with Crippen molar-refractivity contribution in [1.82, 2.24) is 20.6 Å². The zero-order valence-electron chi connectivity index (χ0n) is 14.2. The smallest absolute Gasteiger partial charge is 0.288 e. The van der Waals surface area contributed by atoms with E-state index < -0.39 is 15.9 Å². The molecule has 0 fully saturated rings. The standard InChI is InChI=1S/C16H16N6O4S/c1-2-26-11-7-9-12(10-8-11)27(24,25)20-14-6-4-3-5-13(14)15(23)17-16-18-21-22-19-16/h3-10,20H,2H2,1H3,(H2,17,18,19,21,22,23)/p-1. The van der Waals surface area contributed by atoms with E-state index in [1.807, 2.05) is 6.92 Å². The molecule has 0 saturated carbocycles. The number of sulfonamides is 1. The summed E-state index contributed by atoms with van der Waals surface area (Å²) in [5.74, 6) is -0.295. The molecule has 10 nitrogen and oxygen atoms in total. The minimum atomic E-state index is -3.91. The van der Waals surface area contributed by atoms with Crippen LogP contribution in [0.15, 0.2) is 58.4 Å². The lowest BCUT2D eigenvalue weighted by Gasteiger charge is -2.16. The van der Waals surface area contributed by atoms with Crippen LogP contribution in [0.5, 0.6) is 5.75 Å². The number of aromatic nitrogens is 4. The van der Waals surface area contributed by atoms with Gasteiger partial charge in [0.1, 0.15) is 5.75 Å². The van der Waals surface area contributed by atoms with Crippen molar-refractivity contribution in [3.05, 3.63) is 54.1 Å². The molecule has 0 saturated heterocycles. The molecule has 0 bridgehead atoms. The lowest BCUT2D eigenvalue weighted by Crippen LogP contribution is -2.22. The molecule has 0 aliphatic carbocycles. The Morgan fingerprint density at radius 3 is 2.63 bits per heavy atom. The van der Waals surface area contributed by atoms with Crippen LogP contribution in [0.2, 0.25) is 0 Å². The maximum absolute atomic E-state index is 12.6. The molecule has 2 aromatic carbocycles. The first-order valence-electron chi connectivity index (χ1n) is 7.84. The monoisotopic (exact) mass is 387 g/mol. The predicted molar refractivity (Wildman–Crippen MR) is 95.2 cm³/mol. The van der Waals surface area contributed by atoms with Gasteiger partial charge in [0.2, 0.25) is 0 Å². The molecule has 0 radical (unpaired) electrons. The van der Waals surface area contributed by atoms with Crippen LogP contribution in [0.25, 0.3) is 0 Å². The first kappa shape index (κ1) is 18.3. The van der Waals surface area contributed by atoms with Crippen molar-refractivity contribution in [3.63, 3.8) is 0 Å². The molecule has 0 aliphatic heterocycles. The second-order valence-electron chi connectivity index (χ2n) is 5.18. The highest BCUT2D eigenvalue weighted by Gasteiger charge is 2.16. The van der Waals surface area contributed by atoms with Crippen LogP contribution in [-0.4, -0.2) is 41.5 Å². The van der Waals surface area contributed by atoms with Crippen molar-refractivity contribution < 1.29 is 18.3 Å². The molecule has 2 N–H and O–H groups in total. The molecule has 11 heteroatoms. The van der Waals surface area contributed by atoms with Crippen molar-refractivity contribution in [2.45, 2.75) is 11.8 Å². The highest BCUT2D eigenvalue weighted by Crippen LogP contribution is 2.22. The number of hydrogen-bond donors (Lipinski definition) is 2. The Kier molecular flexibility index (Phi) is 5.31. The van der Waals surface area contributed by atoms with Gasteiger partial charge < -0.3 is 9.84 Å². The number of nitrogens with one attached hydrogen (secondary N) is 2. The summed E-state index contributed by atoms with van der Waals surface area (Å²) in [6.07, 6.45) is 0. The molecule has 27 heavy (non-hydrogen) atoms. The van der Waals surface area contributed by atoms with Crippen LogP contribution in [0.1, 0.15) is 12.5 Å². The number of aromatic amines is 1. The van der Waals surface area contributed by atoms with E-state index in [4.69, 9.17) is 4.74 Å². The molecule has 0 amide bonds.